The van der Waals surface area contributed by atoms with Crippen LogP contribution in [-0.4, -0.2) is 11.8 Å². The summed E-state index contributed by atoms with van der Waals surface area (Å²) in [5.41, 5.74) is 3.60. The van der Waals surface area contributed by atoms with Gasteiger partial charge in [-0.15, -0.1) is 11.3 Å². The maximum Gasteiger partial charge on any atom is 0.256 e. The van der Waals surface area contributed by atoms with Crippen molar-refractivity contribution in [2.24, 2.45) is 0 Å². The van der Waals surface area contributed by atoms with E-state index in [1.165, 1.54) is 0 Å². The number of carbonyl (C=O) groups excluding carboxylic acids is 2. The molecule has 5 aromatic rings. The predicted molar refractivity (Wildman–Crippen MR) is 144 cm³/mol. The molecule has 2 N–H and O–H groups in total. The standard InChI is InChI=1S/C30H24N2O2S/c1-20(24-16-7-10-21-9-2-3-13-25(21)24)31-29(33)22-11-6-12-23(19-22)32-30(34)27-15-5-4-14-26(27)28-17-8-18-35-28/h2-20H,1H3,(H,31,33)(H,32,34)/t20-/m1/s1. The van der Waals surface area contributed by atoms with Crippen LogP contribution in [0.4, 0.5) is 5.69 Å². The average molecular weight is 477 g/mol. The Morgan fingerprint density at radius 1 is 0.771 bits per heavy atom. The molecular weight excluding hydrogens is 452 g/mol. The smallest absolute Gasteiger partial charge is 0.256 e. The van der Waals surface area contributed by atoms with E-state index in [4.69, 9.17) is 0 Å². The Morgan fingerprint density at radius 2 is 1.54 bits per heavy atom. The van der Waals surface area contributed by atoms with Crippen molar-refractivity contribution in [3.05, 3.63) is 125 Å². The fourth-order valence-corrected chi connectivity index (χ4v) is 5.02. The number of thiophene rings is 1. The molecule has 0 spiro atoms. The van der Waals surface area contributed by atoms with Crippen LogP contribution in [0.3, 0.4) is 0 Å². The zero-order chi connectivity index (χ0) is 24.2. The zero-order valence-corrected chi connectivity index (χ0v) is 20.0. The first kappa shape index (κ1) is 22.6. The maximum absolute atomic E-state index is 13.1. The Kier molecular flexibility index (Phi) is 6.42. The van der Waals surface area contributed by atoms with Gasteiger partial charge in [-0.1, -0.05) is 72.8 Å². The summed E-state index contributed by atoms with van der Waals surface area (Å²) in [6.45, 7) is 1.98. The summed E-state index contributed by atoms with van der Waals surface area (Å²) in [6.07, 6.45) is 0. The molecule has 4 nitrogen and oxygen atoms in total. The lowest BCUT2D eigenvalue weighted by atomic mass is 9.99. The number of rotatable bonds is 6. The van der Waals surface area contributed by atoms with Crippen molar-refractivity contribution >= 4 is 39.6 Å². The molecule has 0 aliphatic rings. The number of fused-ring (bicyclic) bond motifs is 1. The zero-order valence-electron chi connectivity index (χ0n) is 19.2. The van der Waals surface area contributed by atoms with Gasteiger partial charge in [0.05, 0.1) is 6.04 Å². The molecule has 0 unspecified atom stereocenters. The van der Waals surface area contributed by atoms with Gasteiger partial charge in [0.1, 0.15) is 0 Å². The summed E-state index contributed by atoms with van der Waals surface area (Å²) < 4.78 is 0. The molecule has 2 amide bonds. The van der Waals surface area contributed by atoms with Crippen molar-refractivity contribution in [3.63, 3.8) is 0 Å². The minimum Gasteiger partial charge on any atom is -0.345 e. The molecule has 1 heterocycles. The second-order valence-corrected chi connectivity index (χ2v) is 9.27. The average Bonchev–Trinajstić information content (AvgIpc) is 3.43. The third-order valence-electron chi connectivity index (χ3n) is 5.98. The Labute approximate surface area is 208 Å². The molecule has 0 fully saturated rings. The Morgan fingerprint density at radius 3 is 2.40 bits per heavy atom. The van der Waals surface area contributed by atoms with E-state index < -0.39 is 0 Å². The second-order valence-electron chi connectivity index (χ2n) is 8.32. The van der Waals surface area contributed by atoms with Gasteiger partial charge in [0.2, 0.25) is 0 Å². The normalized spacial score (nSPS) is 11.7. The largest absolute Gasteiger partial charge is 0.345 e. The van der Waals surface area contributed by atoms with Crippen LogP contribution in [0.2, 0.25) is 0 Å². The maximum atomic E-state index is 13.1. The van der Waals surface area contributed by atoms with Crippen LogP contribution in [0.25, 0.3) is 21.2 Å². The number of hydrogen-bond acceptors (Lipinski definition) is 3. The lowest BCUT2D eigenvalue weighted by Gasteiger charge is -2.17. The van der Waals surface area contributed by atoms with Crippen molar-refractivity contribution in [3.8, 4) is 10.4 Å². The third kappa shape index (κ3) is 4.86. The number of carbonyl (C=O) groups is 2. The van der Waals surface area contributed by atoms with Crippen molar-refractivity contribution in [1.82, 2.24) is 5.32 Å². The molecule has 5 rings (SSSR count). The topological polar surface area (TPSA) is 58.2 Å². The van der Waals surface area contributed by atoms with Crippen molar-refractivity contribution in [2.75, 3.05) is 5.32 Å². The van der Waals surface area contributed by atoms with Crippen LogP contribution in [0.1, 0.15) is 39.2 Å². The van der Waals surface area contributed by atoms with Crippen LogP contribution < -0.4 is 10.6 Å². The highest BCUT2D eigenvalue weighted by molar-refractivity contribution is 7.13. The van der Waals surface area contributed by atoms with Gasteiger partial charge in [-0.2, -0.15) is 0 Å². The summed E-state index contributed by atoms with van der Waals surface area (Å²) in [4.78, 5) is 27.2. The molecule has 172 valence electrons. The van der Waals surface area contributed by atoms with Crippen molar-refractivity contribution in [1.29, 1.82) is 0 Å². The molecule has 0 bridgehead atoms. The summed E-state index contributed by atoms with van der Waals surface area (Å²) in [5, 5.41) is 10.3. The molecule has 0 aliphatic heterocycles. The van der Waals surface area contributed by atoms with Crippen LogP contribution in [-0.2, 0) is 0 Å². The molecule has 4 aromatic carbocycles. The molecule has 0 radical (unpaired) electrons. The first-order chi connectivity index (χ1) is 17.1. The number of amides is 2. The SMILES string of the molecule is C[C@@H](NC(=O)c1cccc(NC(=O)c2ccccc2-c2cccs2)c1)c1cccc2ccccc12. The third-order valence-corrected chi connectivity index (χ3v) is 6.88. The molecule has 35 heavy (non-hydrogen) atoms. The van der Waals surface area contributed by atoms with E-state index >= 15 is 0 Å². The van der Waals surface area contributed by atoms with E-state index in [-0.39, 0.29) is 17.9 Å². The number of benzene rings is 4. The van der Waals surface area contributed by atoms with Gasteiger partial charge in [-0.05, 0) is 59.0 Å². The quantitative estimate of drug-likeness (QED) is 0.270. The number of hydrogen-bond donors (Lipinski definition) is 2. The van der Waals surface area contributed by atoms with Crippen molar-refractivity contribution < 1.29 is 9.59 Å². The molecule has 0 aliphatic carbocycles. The summed E-state index contributed by atoms with van der Waals surface area (Å²) in [7, 11) is 0. The summed E-state index contributed by atoms with van der Waals surface area (Å²) in [6, 6.07) is 32.6. The van der Waals surface area contributed by atoms with Gasteiger partial charge in [0.15, 0.2) is 0 Å². The van der Waals surface area contributed by atoms with Crippen LogP contribution in [0.15, 0.2) is 109 Å². The van der Waals surface area contributed by atoms with Gasteiger partial charge in [0.25, 0.3) is 11.8 Å². The number of anilines is 1. The monoisotopic (exact) mass is 476 g/mol. The highest BCUT2D eigenvalue weighted by atomic mass is 32.1. The highest BCUT2D eigenvalue weighted by Crippen LogP contribution is 2.29. The Balaban J connectivity index is 1.33. The fraction of sp³-hybridized carbons (Fsp3) is 0.0667. The minimum atomic E-state index is -0.212. The number of nitrogens with one attached hydrogen (secondary N) is 2. The van der Waals surface area contributed by atoms with E-state index in [2.05, 4.69) is 28.8 Å². The van der Waals surface area contributed by atoms with E-state index in [9.17, 15) is 9.59 Å². The molecule has 1 aromatic heterocycles. The molecular formula is C30H24N2O2S. The van der Waals surface area contributed by atoms with E-state index in [0.29, 0.717) is 16.8 Å². The molecule has 1 atom stereocenters. The second kappa shape index (κ2) is 9.95. The van der Waals surface area contributed by atoms with Crippen LogP contribution in [0, 0.1) is 0 Å². The van der Waals surface area contributed by atoms with E-state index in [1.807, 2.05) is 73.0 Å². The lowest BCUT2D eigenvalue weighted by molar-refractivity contribution is 0.0939. The molecule has 5 heteroatoms. The van der Waals surface area contributed by atoms with Crippen molar-refractivity contribution in [2.45, 2.75) is 13.0 Å². The molecule has 0 saturated carbocycles. The van der Waals surface area contributed by atoms with E-state index in [1.54, 1.807) is 35.6 Å². The fourth-order valence-electron chi connectivity index (χ4n) is 4.25. The highest BCUT2D eigenvalue weighted by Gasteiger charge is 2.16. The lowest BCUT2D eigenvalue weighted by Crippen LogP contribution is -2.27. The van der Waals surface area contributed by atoms with Crippen LogP contribution in [0.5, 0.6) is 0 Å². The van der Waals surface area contributed by atoms with Crippen LogP contribution >= 0.6 is 11.3 Å². The first-order valence-electron chi connectivity index (χ1n) is 11.4. The Hall–Kier alpha value is -4.22. The summed E-state index contributed by atoms with van der Waals surface area (Å²) in [5.74, 6) is -0.406. The van der Waals surface area contributed by atoms with Gasteiger partial charge >= 0.3 is 0 Å². The predicted octanol–water partition coefficient (Wildman–Crippen LogP) is 7.31. The first-order valence-corrected chi connectivity index (χ1v) is 12.3. The van der Waals surface area contributed by atoms with Gasteiger partial charge in [-0.3, -0.25) is 9.59 Å². The van der Waals surface area contributed by atoms with Gasteiger partial charge < -0.3 is 10.6 Å². The minimum absolute atomic E-state index is 0.176. The van der Waals surface area contributed by atoms with Gasteiger partial charge in [-0.25, -0.2) is 0 Å². The Bertz CT molecular complexity index is 1500. The summed E-state index contributed by atoms with van der Waals surface area (Å²) >= 11 is 1.59. The molecule has 0 saturated heterocycles. The van der Waals surface area contributed by atoms with Gasteiger partial charge in [0, 0.05) is 27.3 Å². The van der Waals surface area contributed by atoms with E-state index in [0.717, 1.165) is 26.8 Å².